The monoisotopic (exact) mass is 308 g/mol. The lowest BCUT2D eigenvalue weighted by atomic mass is 9.97. The zero-order valence-electron chi connectivity index (χ0n) is 11.7. The Labute approximate surface area is 127 Å². The molecule has 0 saturated carbocycles. The van der Waals surface area contributed by atoms with Crippen LogP contribution in [0.15, 0.2) is 12.1 Å². The summed E-state index contributed by atoms with van der Waals surface area (Å²) in [5.41, 5.74) is 7.52. The van der Waals surface area contributed by atoms with Crippen LogP contribution < -0.4 is 5.73 Å². The predicted octanol–water partition coefficient (Wildman–Crippen LogP) is 3.21. The maximum atomic E-state index is 13.8. The van der Waals surface area contributed by atoms with Crippen LogP contribution in [-0.4, -0.2) is 33.6 Å². The van der Waals surface area contributed by atoms with Gasteiger partial charge < -0.3 is 15.2 Å². The largest absolute Gasteiger partial charge is 0.369 e. The number of imidazole rings is 1. The van der Waals surface area contributed by atoms with Gasteiger partial charge >= 0.3 is 0 Å². The van der Waals surface area contributed by atoms with Gasteiger partial charge in [-0.25, -0.2) is 9.37 Å². The summed E-state index contributed by atoms with van der Waals surface area (Å²) in [5, 5.41) is 0.0952. The van der Waals surface area contributed by atoms with Crippen LogP contribution in [0.5, 0.6) is 0 Å². The van der Waals surface area contributed by atoms with Crippen molar-refractivity contribution in [3.05, 3.63) is 23.0 Å². The van der Waals surface area contributed by atoms with Gasteiger partial charge in [-0.1, -0.05) is 11.6 Å². The Hall–Kier alpha value is -1.33. The van der Waals surface area contributed by atoms with Crippen molar-refractivity contribution in [1.82, 2.24) is 14.5 Å². The van der Waals surface area contributed by atoms with Gasteiger partial charge in [0, 0.05) is 24.7 Å². The molecule has 2 aliphatic heterocycles. The second-order valence-corrected chi connectivity index (χ2v) is 6.51. The maximum Gasteiger partial charge on any atom is 0.201 e. The first kappa shape index (κ1) is 13.3. The molecular formula is C15H18ClFN4. The number of rotatable bonds is 1. The van der Waals surface area contributed by atoms with E-state index in [1.54, 1.807) is 6.07 Å². The molecule has 2 aliphatic rings. The number of nitrogens with zero attached hydrogens (tertiary/aromatic N) is 3. The Morgan fingerprint density at radius 3 is 2.95 bits per heavy atom. The number of hydrogen-bond acceptors (Lipinski definition) is 3. The smallest absolute Gasteiger partial charge is 0.201 e. The zero-order valence-corrected chi connectivity index (χ0v) is 12.5. The summed E-state index contributed by atoms with van der Waals surface area (Å²) in [5.74, 6) is 0.0479. The summed E-state index contributed by atoms with van der Waals surface area (Å²) in [6.45, 7) is 2.30. The van der Waals surface area contributed by atoms with Crippen LogP contribution >= 0.6 is 11.6 Å². The molecule has 6 heteroatoms. The first-order valence-corrected chi connectivity index (χ1v) is 7.88. The van der Waals surface area contributed by atoms with Crippen LogP contribution in [0.1, 0.15) is 31.7 Å². The van der Waals surface area contributed by atoms with Crippen LogP contribution in [0.3, 0.4) is 0 Å². The highest BCUT2D eigenvalue weighted by molar-refractivity contribution is 6.31. The summed E-state index contributed by atoms with van der Waals surface area (Å²) >= 11 is 5.84. The first-order valence-electron chi connectivity index (χ1n) is 7.50. The molecular weight excluding hydrogens is 291 g/mol. The highest BCUT2D eigenvalue weighted by Gasteiger charge is 2.33. The molecule has 2 N–H and O–H groups in total. The topological polar surface area (TPSA) is 47.1 Å². The predicted molar refractivity (Wildman–Crippen MR) is 82.0 cm³/mol. The van der Waals surface area contributed by atoms with E-state index in [4.69, 9.17) is 17.3 Å². The normalized spacial score (nSPS) is 26.4. The van der Waals surface area contributed by atoms with Crippen molar-refractivity contribution in [3.8, 4) is 0 Å². The highest BCUT2D eigenvalue weighted by Crippen LogP contribution is 2.37. The number of anilines is 1. The summed E-state index contributed by atoms with van der Waals surface area (Å²) in [7, 11) is 0. The molecule has 4 nitrogen and oxygen atoms in total. The van der Waals surface area contributed by atoms with Gasteiger partial charge in [0.05, 0.1) is 16.1 Å². The van der Waals surface area contributed by atoms with Crippen molar-refractivity contribution in [3.63, 3.8) is 0 Å². The molecule has 2 atom stereocenters. The van der Waals surface area contributed by atoms with E-state index in [9.17, 15) is 4.39 Å². The number of aromatic nitrogens is 2. The SMILES string of the molecule is Nc1nc2cc(Cl)c(F)cc2n1C1CCN2CCCC2C1. The third-order valence-electron chi connectivity index (χ3n) is 4.92. The number of piperidine rings is 1. The number of nitrogen functional groups attached to an aromatic ring is 1. The molecule has 2 unspecified atom stereocenters. The molecule has 3 heterocycles. The lowest BCUT2D eigenvalue weighted by Crippen LogP contribution is -2.38. The van der Waals surface area contributed by atoms with Gasteiger partial charge in [-0.3, -0.25) is 0 Å². The molecule has 2 aromatic rings. The van der Waals surface area contributed by atoms with Gasteiger partial charge in [0.1, 0.15) is 5.82 Å². The first-order chi connectivity index (χ1) is 10.1. The number of fused-ring (bicyclic) bond motifs is 2. The number of nitrogens with two attached hydrogens (primary N) is 1. The Balaban J connectivity index is 1.75. The van der Waals surface area contributed by atoms with E-state index in [2.05, 4.69) is 9.88 Å². The van der Waals surface area contributed by atoms with Gasteiger partial charge in [-0.05, 0) is 38.3 Å². The van der Waals surface area contributed by atoms with E-state index >= 15 is 0 Å². The van der Waals surface area contributed by atoms with Gasteiger partial charge in [0.25, 0.3) is 0 Å². The molecule has 0 amide bonds. The standard InChI is InChI=1S/C15H18ClFN4/c16-11-7-13-14(8-12(11)17)21(15(18)19-13)10-3-5-20-4-1-2-9(20)6-10/h7-10H,1-6H2,(H2,18,19). The molecule has 0 radical (unpaired) electrons. The van der Waals surface area contributed by atoms with E-state index in [0.29, 0.717) is 23.5 Å². The van der Waals surface area contributed by atoms with E-state index < -0.39 is 5.82 Å². The fourth-order valence-electron chi connectivity index (χ4n) is 3.93. The van der Waals surface area contributed by atoms with Crippen LogP contribution in [-0.2, 0) is 0 Å². The quantitative estimate of drug-likeness (QED) is 0.880. The van der Waals surface area contributed by atoms with E-state index in [1.807, 2.05) is 4.57 Å². The van der Waals surface area contributed by atoms with E-state index in [-0.39, 0.29) is 5.02 Å². The van der Waals surface area contributed by atoms with Crippen molar-refractivity contribution < 1.29 is 4.39 Å². The van der Waals surface area contributed by atoms with Crippen molar-refractivity contribution in [1.29, 1.82) is 0 Å². The van der Waals surface area contributed by atoms with Crippen LogP contribution in [0.2, 0.25) is 5.02 Å². The number of hydrogen-bond donors (Lipinski definition) is 1. The lowest BCUT2D eigenvalue weighted by molar-refractivity contribution is 0.158. The second-order valence-electron chi connectivity index (χ2n) is 6.11. The van der Waals surface area contributed by atoms with Gasteiger partial charge in [0.15, 0.2) is 0 Å². The molecule has 2 fully saturated rings. The Morgan fingerprint density at radius 1 is 1.24 bits per heavy atom. The van der Waals surface area contributed by atoms with Crippen LogP contribution in [0.25, 0.3) is 11.0 Å². The minimum atomic E-state index is -0.413. The molecule has 4 rings (SSSR count). The minimum absolute atomic E-state index is 0.0952. The fraction of sp³-hybridized carbons (Fsp3) is 0.533. The van der Waals surface area contributed by atoms with E-state index in [0.717, 1.165) is 24.9 Å². The highest BCUT2D eigenvalue weighted by atomic mass is 35.5. The molecule has 112 valence electrons. The van der Waals surface area contributed by atoms with Crippen molar-refractivity contribution in [2.45, 2.75) is 37.8 Å². The molecule has 0 spiro atoms. The third-order valence-corrected chi connectivity index (χ3v) is 5.21. The second kappa shape index (κ2) is 4.85. The van der Waals surface area contributed by atoms with E-state index in [1.165, 1.54) is 25.5 Å². The summed E-state index contributed by atoms with van der Waals surface area (Å²) in [4.78, 5) is 6.91. The summed E-state index contributed by atoms with van der Waals surface area (Å²) in [6.07, 6.45) is 4.64. The molecule has 21 heavy (non-hydrogen) atoms. The molecule has 0 aliphatic carbocycles. The van der Waals surface area contributed by atoms with Gasteiger partial charge in [0.2, 0.25) is 5.95 Å². The average molecular weight is 309 g/mol. The summed E-state index contributed by atoms with van der Waals surface area (Å²) in [6, 6.07) is 3.96. The average Bonchev–Trinajstić information content (AvgIpc) is 3.02. The Morgan fingerprint density at radius 2 is 2.10 bits per heavy atom. The maximum absolute atomic E-state index is 13.8. The Bertz CT molecular complexity index is 699. The third kappa shape index (κ3) is 2.10. The molecule has 1 aromatic heterocycles. The van der Waals surface area contributed by atoms with Crippen LogP contribution in [0.4, 0.5) is 10.3 Å². The van der Waals surface area contributed by atoms with Crippen molar-refractivity contribution in [2.24, 2.45) is 0 Å². The Kier molecular flexibility index (Phi) is 3.08. The van der Waals surface area contributed by atoms with Gasteiger partial charge in [-0.15, -0.1) is 0 Å². The summed E-state index contributed by atoms with van der Waals surface area (Å²) < 4.78 is 15.8. The fourth-order valence-corrected chi connectivity index (χ4v) is 4.09. The number of halogens is 2. The molecule has 1 aromatic carbocycles. The molecule has 0 bridgehead atoms. The van der Waals surface area contributed by atoms with Gasteiger partial charge in [-0.2, -0.15) is 0 Å². The number of benzene rings is 1. The van der Waals surface area contributed by atoms with Crippen molar-refractivity contribution in [2.75, 3.05) is 18.8 Å². The lowest BCUT2D eigenvalue weighted by Gasteiger charge is -2.35. The minimum Gasteiger partial charge on any atom is -0.369 e. The van der Waals surface area contributed by atoms with Crippen molar-refractivity contribution >= 4 is 28.6 Å². The molecule has 2 saturated heterocycles. The zero-order chi connectivity index (χ0) is 14.6. The van der Waals surface area contributed by atoms with Crippen LogP contribution in [0, 0.1) is 5.82 Å².